The van der Waals surface area contributed by atoms with Crippen LogP contribution in [0.4, 0.5) is 9.39 Å². The number of amides is 2. The Morgan fingerprint density at radius 3 is 2.69 bits per heavy atom. The molecule has 1 aromatic heterocycles. The predicted molar refractivity (Wildman–Crippen MR) is 99.5 cm³/mol. The molecule has 7 heteroatoms. The number of thiophene rings is 1. The molecule has 1 aliphatic rings. The molecular formula is C19H21FN2O3S. The molecule has 0 saturated heterocycles. The molecule has 0 fully saturated rings. The van der Waals surface area contributed by atoms with Crippen molar-refractivity contribution in [2.45, 2.75) is 38.7 Å². The lowest BCUT2D eigenvalue weighted by atomic mass is 9.95. The summed E-state index contributed by atoms with van der Waals surface area (Å²) in [4.78, 5) is 26.0. The van der Waals surface area contributed by atoms with Gasteiger partial charge in [0, 0.05) is 11.9 Å². The molecule has 3 rings (SSSR count). The van der Waals surface area contributed by atoms with Crippen molar-refractivity contribution in [2.24, 2.45) is 0 Å². The second-order valence-corrected chi connectivity index (χ2v) is 7.28. The van der Waals surface area contributed by atoms with E-state index < -0.39 is 17.8 Å². The van der Waals surface area contributed by atoms with Gasteiger partial charge in [0.2, 0.25) is 0 Å². The van der Waals surface area contributed by atoms with E-state index in [1.54, 1.807) is 26.1 Å². The van der Waals surface area contributed by atoms with Gasteiger partial charge < -0.3 is 15.4 Å². The van der Waals surface area contributed by atoms with Crippen LogP contribution in [-0.4, -0.2) is 25.0 Å². The molecule has 2 N–H and O–H groups in total. The maximum Gasteiger partial charge on any atom is 0.265 e. The quantitative estimate of drug-likeness (QED) is 0.839. The zero-order valence-electron chi connectivity index (χ0n) is 14.7. The van der Waals surface area contributed by atoms with Crippen LogP contribution in [0.25, 0.3) is 0 Å². The topological polar surface area (TPSA) is 67.4 Å². The van der Waals surface area contributed by atoms with Gasteiger partial charge in [-0.1, -0.05) is 12.1 Å². The van der Waals surface area contributed by atoms with Crippen LogP contribution in [0.3, 0.4) is 0 Å². The first kappa shape index (κ1) is 18.4. The van der Waals surface area contributed by atoms with Gasteiger partial charge in [-0.2, -0.15) is 0 Å². The number of carbonyl (C=O) groups excluding carboxylic acids is 2. The monoisotopic (exact) mass is 376 g/mol. The van der Waals surface area contributed by atoms with E-state index in [1.807, 2.05) is 0 Å². The summed E-state index contributed by atoms with van der Waals surface area (Å²) in [7, 11) is 1.57. The SMILES string of the molecule is CNC(=O)c1c(NC(=O)C(C)Oc2ccccc2F)sc2c1CCCC2. The molecule has 0 aliphatic heterocycles. The van der Waals surface area contributed by atoms with Gasteiger partial charge in [-0.3, -0.25) is 9.59 Å². The van der Waals surface area contributed by atoms with Crippen molar-refractivity contribution in [3.05, 3.63) is 46.1 Å². The van der Waals surface area contributed by atoms with Gasteiger partial charge in [-0.25, -0.2) is 4.39 Å². The summed E-state index contributed by atoms with van der Waals surface area (Å²) in [5.74, 6) is -1.13. The van der Waals surface area contributed by atoms with Gasteiger partial charge in [0.25, 0.3) is 11.8 Å². The van der Waals surface area contributed by atoms with Crippen molar-refractivity contribution in [2.75, 3.05) is 12.4 Å². The lowest BCUT2D eigenvalue weighted by molar-refractivity contribution is -0.122. The zero-order valence-corrected chi connectivity index (χ0v) is 15.5. The third-order valence-electron chi connectivity index (χ3n) is 4.37. The van der Waals surface area contributed by atoms with E-state index in [-0.39, 0.29) is 11.7 Å². The van der Waals surface area contributed by atoms with Crippen LogP contribution in [0.15, 0.2) is 24.3 Å². The van der Waals surface area contributed by atoms with Crippen LogP contribution in [0.2, 0.25) is 0 Å². The minimum atomic E-state index is -0.899. The highest BCUT2D eigenvalue weighted by Gasteiger charge is 2.27. The molecule has 0 radical (unpaired) electrons. The summed E-state index contributed by atoms with van der Waals surface area (Å²) >= 11 is 1.44. The Kier molecular flexibility index (Phi) is 5.56. The van der Waals surface area contributed by atoms with E-state index in [9.17, 15) is 14.0 Å². The second kappa shape index (κ2) is 7.86. The van der Waals surface area contributed by atoms with Gasteiger partial charge >= 0.3 is 0 Å². The summed E-state index contributed by atoms with van der Waals surface area (Å²) in [5.41, 5.74) is 1.57. The Labute approximate surface area is 155 Å². The van der Waals surface area contributed by atoms with Crippen LogP contribution >= 0.6 is 11.3 Å². The van der Waals surface area contributed by atoms with Crippen LogP contribution in [-0.2, 0) is 17.6 Å². The fourth-order valence-electron chi connectivity index (χ4n) is 3.02. The molecule has 2 aromatic rings. The normalized spacial score (nSPS) is 14.3. The highest BCUT2D eigenvalue weighted by molar-refractivity contribution is 7.17. The molecule has 5 nitrogen and oxygen atoms in total. The Hall–Kier alpha value is -2.41. The number of hydrogen-bond donors (Lipinski definition) is 2. The van der Waals surface area contributed by atoms with Crippen molar-refractivity contribution in [1.82, 2.24) is 5.32 Å². The number of anilines is 1. The summed E-state index contributed by atoms with van der Waals surface area (Å²) < 4.78 is 19.1. The van der Waals surface area contributed by atoms with E-state index in [0.717, 1.165) is 36.1 Å². The molecule has 0 bridgehead atoms. The number of para-hydroxylation sites is 1. The number of nitrogens with one attached hydrogen (secondary N) is 2. The number of rotatable bonds is 5. The average molecular weight is 376 g/mol. The first-order valence-electron chi connectivity index (χ1n) is 8.60. The number of fused-ring (bicyclic) bond motifs is 1. The van der Waals surface area contributed by atoms with E-state index in [1.165, 1.54) is 23.5 Å². The second-order valence-electron chi connectivity index (χ2n) is 6.17. The highest BCUT2D eigenvalue weighted by atomic mass is 32.1. The van der Waals surface area contributed by atoms with Crippen LogP contribution < -0.4 is 15.4 Å². The van der Waals surface area contributed by atoms with E-state index in [4.69, 9.17) is 4.74 Å². The Balaban J connectivity index is 1.79. The van der Waals surface area contributed by atoms with E-state index >= 15 is 0 Å². The molecular weight excluding hydrogens is 355 g/mol. The maximum absolute atomic E-state index is 13.7. The maximum atomic E-state index is 13.7. The molecule has 2 amide bonds. The molecule has 138 valence electrons. The molecule has 0 spiro atoms. The van der Waals surface area contributed by atoms with Crippen molar-refractivity contribution >= 4 is 28.2 Å². The fourth-order valence-corrected chi connectivity index (χ4v) is 4.31. The fraction of sp³-hybridized carbons (Fsp3) is 0.368. The summed E-state index contributed by atoms with van der Waals surface area (Å²) in [6, 6.07) is 5.94. The number of carbonyl (C=O) groups is 2. The van der Waals surface area contributed by atoms with E-state index in [2.05, 4.69) is 10.6 Å². The summed E-state index contributed by atoms with van der Waals surface area (Å²) in [5, 5.41) is 5.97. The van der Waals surface area contributed by atoms with E-state index in [0.29, 0.717) is 10.6 Å². The molecule has 1 heterocycles. The number of hydrogen-bond acceptors (Lipinski definition) is 4. The van der Waals surface area contributed by atoms with Gasteiger partial charge in [0.05, 0.1) is 5.56 Å². The standard InChI is InChI=1S/C19H21FN2O3S/c1-11(25-14-9-5-4-8-13(14)20)17(23)22-19-16(18(24)21-2)12-7-3-6-10-15(12)26-19/h4-5,8-9,11H,3,6-7,10H2,1-2H3,(H,21,24)(H,22,23). The Morgan fingerprint density at radius 1 is 1.23 bits per heavy atom. The minimum absolute atomic E-state index is 0.0205. The third-order valence-corrected chi connectivity index (χ3v) is 5.58. The average Bonchev–Trinajstić information content (AvgIpc) is 3.00. The lowest BCUT2D eigenvalue weighted by Crippen LogP contribution is -2.31. The molecule has 1 unspecified atom stereocenters. The zero-order chi connectivity index (χ0) is 18.7. The molecule has 1 atom stereocenters. The summed E-state index contributed by atoms with van der Waals surface area (Å²) in [6.07, 6.45) is 2.98. The van der Waals surface area contributed by atoms with Crippen LogP contribution in [0, 0.1) is 5.82 Å². The van der Waals surface area contributed by atoms with Gasteiger partial charge in [-0.05, 0) is 50.3 Å². The Morgan fingerprint density at radius 2 is 1.96 bits per heavy atom. The number of halogens is 1. The van der Waals surface area contributed by atoms with Gasteiger partial charge in [0.1, 0.15) is 5.00 Å². The minimum Gasteiger partial charge on any atom is -0.478 e. The highest BCUT2D eigenvalue weighted by Crippen LogP contribution is 2.38. The number of benzene rings is 1. The third kappa shape index (κ3) is 3.72. The molecule has 0 saturated carbocycles. The Bertz CT molecular complexity index is 834. The van der Waals surface area contributed by atoms with Crippen molar-refractivity contribution in [3.8, 4) is 5.75 Å². The largest absolute Gasteiger partial charge is 0.478 e. The van der Waals surface area contributed by atoms with Crippen LogP contribution in [0.1, 0.15) is 40.6 Å². The van der Waals surface area contributed by atoms with Gasteiger partial charge in [-0.15, -0.1) is 11.3 Å². The molecule has 1 aliphatic carbocycles. The first-order valence-corrected chi connectivity index (χ1v) is 9.41. The van der Waals surface area contributed by atoms with Gasteiger partial charge in [0.15, 0.2) is 17.7 Å². The smallest absolute Gasteiger partial charge is 0.265 e. The molecule has 1 aromatic carbocycles. The number of ether oxygens (including phenoxy) is 1. The molecule has 26 heavy (non-hydrogen) atoms. The van der Waals surface area contributed by atoms with Crippen molar-refractivity contribution in [1.29, 1.82) is 0 Å². The number of aryl methyl sites for hydroxylation is 1. The summed E-state index contributed by atoms with van der Waals surface area (Å²) in [6.45, 7) is 1.55. The first-order chi connectivity index (χ1) is 12.5. The lowest BCUT2D eigenvalue weighted by Gasteiger charge is -2.15. The predicted octanol–water partition coefficient (Wildman–Crippen LogP) is 3.53. The van der Waals surface area contributed by atoms with Crippen LogP contribution in [0.5, 0.6) is 5.75 Å². The van der Waals surface area contributed by atoms with Crippen molar-refractivity contribution in [3.63, 3.8) is 0 Å². The van der Waals surface area contributed by atoms with Crippen molar-refractivity contribution < 1.29 is 18.7 Å².